The lowest BCUT2D eigenvalue weighted by Crippen LogP contribution is -2.27. The number of aromatic nitrogens is 2. The first-order valence-corrected chi connectivity index (χ1v) is 7.56. The number of amides is 1. The summed E-state index contributed by atoms with van der Waals surface area (Å²) in [6.07, 6.45) is 2.15. The van der Waals surface area contributed by atoms with Crippen LogP contribution in [0.5, 0.6) is 5.75 Å². The Balaban J connectivity index is 1.59. The van der Waals surface area contributed by atoms with Crippen molar-refractivity contribution >= 4 is 16.9 Å². The first-order valence-electron chi connectivity index (χ1n) is 7.56. The average Bonchev–Trinajstić information content (AvgIpc) is 3.04. The Labute approximate surface area is 137 Å². The number of carbonyl (C=O) groups is 1. The van der Waals surface area contributed by atoms with Crippen LogP contribution >= 0.6 is 0 Å². The summed E-state index contributed by atoms with van der Waals surface area (Å²) in [7, 11) is 1.55. The summed E-state index contributed by atoms with van der Waals surface area (Å²) in [5.41, 5.74) is 0.387. The molecular weight excluding hydrogens is 310 g/mol. The Hall–Kier alpha value is -3.09. The Morgan fingerprint density at radius 3 is 3.00 bits per heavy atom. The zero-order valence-electron chi connectivity index (χ0n) is 13.2. The van der Waals surface area contributed by atoms with Crippen LogP contribution in [0, 0.1) is 0 Å². The summed E-state index contributed by atoms with van der Waals surface area (Å²) in [5, 5.41) is 7.54. The number of fused-ring (bicyclic) bond motifs is 1. The van der Waals surface area contributed by atoms with Crippen LogP contribution in [-0.2, 0) is 6.54 Å². The van der Waals surface area contributed by atoms with E-state index in [4.69, 9.17) is 9.15 Å². The van der Waals surface area contributed by atoms with E-state index in [1.807, 2.05) is 12.1 Å². The molecule has 0 radical (unpaired) electrons. The number of rotatable bonds is 6. The SMILES string of the molecule is COc1cccc2cc(C(=O)NCCCn3ncccc3=O)oc12. The fraction of sp³-hybridized carbons (Fsp3) is 0.235. The van der Waals surface area contributed by atoms with Gasteiger partial charge in [0.05, 0.1) is 7.11 Å². The summed E-state index contributed by atoms with van der Waals surface area (Å²) >= 11 is 0. The van der Waals surface area contributed by atoms with Crippen molar-refractivity contribution < 1.29 is 13.9 Å². The zero-order chi connectivity index (χ0) is 16.9. The highest BCUT2D eigenvalue weighted by atomic mass is 16.5. The number of hydrogen-bond donors (Lipinski definition) is 1. The summed E-state index contributed by atoms with van der Waals surface area (Å²) in [6.45, 7) is 0.851. The second-order valence-electron chi connectivity index (χ2n) is 5.18. The van der Waals surface area contributed by atoms with Gasteiger partial charge in [-0.3, -0.25) is 9.59 Å². The van der Waals surface area contributed by atoms with Crippen molar-refractivity contribution in [2.75, 3.05) is 13.7 Å². The highest BCUT2D eigenvalue weighted by molar-refractivity contribution is 5.97. The van der Waals surface area contributed by atoms with E-state index in [1.54, 1.807) is 31.5 Å². The molecule has 0 fully saturated rings. The number of nitrogens with zero attached hydrogens (tertiary/aromatic N) is 2. The van der Waals surface area contributed by atoms with Crippen LogP contribution in [0.1, 0.15) is 17.0 Å². The fourth-order valence-electron chi connectivity index (χ4n) is 2.38. The molecule has 0 aliphatic carbocycles. The standard InChI is InChI=1S/C17H17N3O4/c1-23-13-6-2-5-12-11-14(24-16(12)13)17(22)18-8-4-10-20-15(21)7-3-9-19-20/h2-3,5-7,9,11H,4,8,10H2,1H3,(H,18,22). The van der Waals surface area contributed by atoms with Crippen LogP contribution in [0.4, 0.5) is 0 Å². The van der Waals surface area contributed by atoms with E-state index in [0.717, 1.165) is 5.39 Å². The highest BCUT2D eigenvalue weighted by Gasteiger charge is 2.14. The molecule has 24 heavy (non-hydrogen) atoms. The average molecular weight is 327 g/mol. The van der Waals surface area contributed by atoms with Gasteiger partial charge in [0, 0.05) is 30.7 Å². The molecular formula is C17H17N3O4. The van der Waals surface area contributed by atoms with E-state index >= 15 is 0 Å². The number of aryl methyl sites for hydroxylation is 1. The molecule has 0 saturated carbocycles. The van der Waals surface area contributed by atoms with Crippen molar-refractivity contribution in [3.8, 4) is 5.75 Å². The molecule has 0 unspecified atom stereocenters. The molecule has 7 nitrogen and oxygen atoms in total. The molecule has 0 saturated heterocycles. The van der Waals surface area contributed by atoms with Crippen LogP contribution in [0.3, 0.4) is 0 Å². The first kappa shape index (κ1) is 15.8. The number of furan rings is 1. The number of methoxy groups -OCH3 is 1. The van der Waals surface area contributed by atoms with Gasteiger partial charge in [-0.15, -0.1) is 0 Å². The van der Waals surface area contributed by atoms with E-state index in [2.05, 4.69) is 10.4 Å². The minimum Gasteiger partial charge on any atom is -0.493 e. The normalized spacial score (nSPS) is 10.7. The van der Waals surface area contributed by atoms with Gasteiger partial charge in [0.15, 0.2) is 17.1 Å². The summed E-state index contributed by atoms with van der Waals surface area (Å²) < 4.78 is 12.2. The topological polar surface area (TPSA) is 86.4 Å². The number of para-hydroxylation sites is 1. The number of hydrogen-bond acceptors (Lipinski definition) is 5. The van der Waals surface area contributed by atoms with Crippen molar-refractivity contribution in [1.82, 2.24) is 15.1 Å². The molecule has 0 aliphatic rings. The number of nitrogens with one attached hydrogen (secondary N) is 1. The molecule has 0 atom stereocenters. The predicted octanol–water partition coefficient (Wildman–Crippen LogP) is 1.82. The lowest BCUT2D eigenvalue weighted by atomic mass is 10.2. The van der Waals surface area contributed by atoms with E-state index < -0.39 is 0 Å². The molecule has 7 heteroatoms. The highest BCUT2D eigenvalue weighted by Crippen LogP contribution is 2.28. The third kappa shape index (κ3) is 3.29. The lowest BCUT2D eigenvalue weighted by Gasteiger charge is -2.04. The van der Waals surface area contributed by atoms with Crippen LogP contribution in [0.2, 0.25) is 0 Å². The molecule has 3 rings (SSSR count). The van der Waals surface area contributed by atoms with Crippen LogP contribution in [0.15, 0.2) is 51.8 Å². The van der Waals surface area contributed by atoms with Gasteiger partial charge in [0.1, 0.15) is 0 Å². The third-order valence-electron chi connectivity index (χ3n) is 3.57. The molecule has 0 aliphatic heterocycles. The van der Waals surface area contributed by atoms with Gasteiger partial charge in [0.25, 0.3) is 11.5 Å². The summed E-state index contributed by atoms with van der Waals surface area (Å²) in [5.74, 6) is 0.507. The molecule has 2 heterocycles. The van der Waals surface area contributed by atoms with Crippen molar-refractivity contribution in [3.05, 3.63) is 58.7 Å². The van der Waals surface area contributed by atoms with Crippen molar-refractivity contribution in [1.29, 1.82) is 0 Å². The summed E-state index contributed by atoms with van der Waals surface area (Å²) in [6, 6.07) is 10.2. The van der Waals surface area contributed by atoms with Crippen molar-refractivity contribution in [2.45, 2.75) is 13.0 Å². The molecule has 124 valence electrons. The third-order valence-corrected chi connectivity index (χ3v) is 3.57. The fourth-order valence-corrected chi connectivity index (χ4v) is 2.38. The first-order chi connectivity index (χ1) is 11.7. The Bertz CT molecular complexity index is 913. The quantitative estimate of drug-likeness (QED) is 0.698. The maximum atomic E-state index is 12.2. The minimum absolute atomic E-state index is 0.159. The van der Waals surface area contributed by atoms with E-state index in [1.165, 1.54) is 10.7 Å². The number of ether oxygens (including phenoxy) is 1. The van der Waals surface area contributed by atoms with Crippen LogP contribution < -0.4 is 15.6 Å². The van der Waals surface area contributed by atoms with Crippen molar-refractivity contribution in [3.63, 3.8) is 0 Å². The van der Waals surface area contributed by atoms with Gasteiger partial charge < -0.3 is 14.5 Å². The second-order valence-corrected chi connectivity index (χ2v) is 5.18. The molecule has 1 aromatic carbocycles. The molecule has 2 aromatic heterocycles. The zero-order valence-corrected chi connectivity index (χ0v) is 13.2. The maximum Gasteiger partial charge on any atom is 0.287 e. The van der Waals surface area contributed by atoms with E-state index in [0.29, 0.717) is 30.8 Å². The van der Waals surface area contributed by atoms with Crippen molar-refractivity contribution in [2.24, 2.45) is 0 Å². The van der Waals surface area contributed by atoms with Gasteiger partial charge in [-0.25, -0.2) is 4.68 Å². The van der Waals surface area contributed by atoms with E-state index in [9.17, 15) is 9.59 Å². The Morgan fingerprint density at radius 1 is 1.33 bits per heavy atom. The smallest absolute Gasteiger partial charge is 0.287 e. The molecule has 1 N–H and O–H groups in total. The van der Waals surface area contributed by atoms with Gasteiger partial charge in [-0.2, -0.15) is 5.10 Å². The molecule has 0 spiro atoms. The largest absolute Gasteiger partial charge is 0.493 e. The van der Waals surface area contributed by atoms with Gasteiger partial charge >= 0.3 is 0 Å². The second kappa shape index (κ2) is 6.99. The number of benzene rings is 1. The summed E-state index contributed by atoms with van der Waals surface area (Å²) in [4.78, 5) is 23.7. The van der Waals surface area contributed by atoms with Crippen LogP contribution in [-0.4, -0.2) is 29.3 Å². The predicted molar refractivity (Wildman–Crippen MR) is 88.2 cm³/mol. The Kier molecular flexibility index (Phi) is 4.60. The Morgan fingerprint density at radius 2 is 2.21 bits per heavy atom. The van der Waals surface area contributed by atoms with Gasteiger partial charge in [-0.1, -0.05) is 12.1 Å². The molecule has 1 amide bonds. The lowest BCUT2D eigenvalue weighted by molar-refractivity contribution is 0.0927. The number of carbonyl (C=O) groups excluding carboxylic acids is 1. The molecule has 0 bridgehead atoms. The van der Waals surface area contributed by atoms with Gasteiger partial charge in [0.2, 0.25) is 0 Å². The minimum atomic E-state index is -0.304. The molecule has 3 aromatic rings. The van der Waals surface area contributed by atoms with Crippen LogP contribution in [0.25, 0.3) is 11.0 Å². The van der Waals surface area contributed by atoms with Gasteiger partial charge in [-0.05, 0) is 24.6 Å². The maximum absolute atomic E-state index is 12.2. The monoisotopic (exact) mass is 327 g/mol. The van der Waals surface area contributed by atoms with E-state index in [-0.39, 0.29) is 17.2 Å².